The molecule has 21 heavy (non-hydrogen) atoms. The molecule has 1 fully saturated rings. The predicted molar refractivity (Wildman–Crippen MR) is 76.3 cm³/mol. The zero-order chi connectivity index (χ0) is 15.2. The van der Waals surface area contributed by atoms with Gasteiger partial charge in [-0.25, -0.2) is 9.59 Å². The van der Waals surface area contributed by atoms with Crippen LogP contribution in [-0.2, 0) is 0 Å². The van der Waals surface area contributed by atoms with Crippen LogP contribution in [-0.4, -0.2) is 51.3 Å². The van der Waals surface area contributed by atoms with E-state index >= 15 is 0 Å². The van der Waals surface area contributed by atoms with Crippen LogP contribution in [0.5, 0.6) is 0 Å². The summed E-state index contributed by atoms with van der Waals surface area (Å²) in [5, 5.41) is 20.5. The van der Waals surface area contributed by atoms with E-state index in [1.165, 1.54) is 18.5 Å². The maximum Gasteiger partial charge on any atom is 0.337 e. The Hall–Kier alpha value is -2.15. The van der Waals surface area contributed by atoms with Crippen molar-refractivity contribution in [2.45, 2.75) is 31.7 Å². The number of hydrogen-bond donors (Lipinski definition) is 3. The highest BCUT2D eigenvalue weighted by atomic mass is 16.4. The van der Waals surface area contributed by atoms with Crippen LogP contribution in [0.15, 0.2) is 18.5 Å². The highest BCUT2D eigenvalue weighted by molar-refractivity contribution is 5.92. The molecule has 0 bridgehead atoms. The Morgan fingerprint density at radius 2 is 2.14 bits per heavy atom. The summed E-state index contributed by atoms with van der Waals surface area (Å²) in [6, 6.07) is 1.29. The Bertz CT molecular complexity index is 517. The van der Waals surface area contributed by atoms with Gasteiger partial charge in [-0.15, -0.1) is 0 Å². The summed E-state index contributed by atoms with van der Waals surface area (Å²) in [6.07, 6.45) is 6.20. The second-order valence-corrected chi connectivity index (χ2v) is 5.05. The van der Waals surface area contributed by atoms with Gasteiger partial charge in [-0.3, -0.25) is 4.98 Å². The zero-order valence-electron chi connectivity index (χ0n) is 11.7. The molecule has 1 aliphatic carbocycles. The van der Waals surface area contributed by atoms with Crippen LogP contribution in [0, 0.1) is 0 Å². The maximum atomic E-state index is 12.3. The fourth-order valence-corrected chi connectivity index (χ4v) is 2.21. The van der Waals surface area contributed by atoms with E-state index in [1.807, 2.05) is 0 Å². The van der Waals surface area contributed by atoms with E-state index in [0.717, 1.165) is 19.3 Å². The number of rotatable bonds is 6. The van der Waals surface area contributed by atoms with Crippen molar-refractivity contribution in [3.8, 4) is 0 Å². The van der Waals surface area contributed by atoms with Gasteiger partial charge in [0, 0.05) is 25.4 Å². The number of nitrogens with one attached hydrogen (secondary N) is 1. The van der Waals surface area contributed by atoms with Crippen molar-refractivity contribution in [2.75, 3.05) is 18.5 Å². The highest BCUT2D eigenvalue weighted by Crippen LogP contribution is 2.25. The van der Waals surface area contributed by atoms with Gasteiger partial charge in [0.05, 0.1) is 17.4 Å². The van der Waals surface area contributed by atoms with Gasteiger partial charge in [0.1, 0.15) is 0 Å². The topological polar surface area (TPSA) is 103 Å². The third-order valence-corrected chi connectivity index (χ3v) is 3.57. The largest absolute Gasteiger partial charge is 0.478 e. The summed E-state index contributed by atoms with van der Waals surface area (Å²) in [7, 11) is 0. The van der Waals surface area contributed by atoms with E-state index in [1.54, 1.807) is 4.90 Å². The van der Waals surface area contributed by atoms with Crippen LogP contribution in [0.4, 0.5) is 10.5 Å². The Balaban J connectivity index is 2.03. The molecule has 3 N–H and O–H groups in total. The van der Waals surface area contributed by atoms with E-state index in [0.29, 0.717) is 18.7 Å². The standard InChI is InChI=1S/C14H19N3O4/c18-6-2-5-17(12-3-1-4-12)14(21)16-11-7-10(13(19)20)8-15-9-11/h7-9,12,18H,1-6H2,(H,16,21)(H,19,20). The Kier molecular flexibility index (Phi) is 5.10. The number of amides is 2. The molecule has 0 atom stereocenters. The Labute approximate surface area is 122 Å². The van der Waals surface area contributed by atoms with Crippen LogP contribution in [0.3, 0.4) is 0 Å². The number of aromatic nitrogens is 1. The number of aromatic carboxylic acids is 1. The lowest BCUT2D eigenvalue weighted by Gasteiger charge is -2.37. The molecule has 1 saturated carbocycles. The van der Waals surface area contributed by atoms with Crippen LogP contribution in [0.1, 0.15) is 36.0 Å². The van der Waals surface area contributed by atoms with Gasteiger partial charge < -0.3 is 20.4 Å². The molecular weight excluding hydrogens is 274 g/mol. The quantitative estimate of drug-likeness (QED) is 0.738. The average Bonchev–Trinajstić information content (AvgIpc) is 2.41. The second-order valence-electron chi connectivity index (χ2n) is 5.05. The zero-order valence-corrected chi connectivity index (χ0v) is 11.7. The summed E-state index contributed by atoms with van der Waals surface area (Å²) in [5.41, 5.74) is 0.381. The molecule has 0 saturated heterocycles. The molecular formula is C14H19N3O4. The Morgan fingerprint density at radius 3 is 2.71 bits per heavy atom. The summed E-state index contributed by atoms with van der Waals surface area (Å²) in [4.78, 5) is 28.7. The summed E-state index contributed by atoms with van der Waals surface area (Å²) in [5.74, 6) is -1.09. The number of carboxylic acid groups (broad SMARTS) is 1. The van der Waals surface area contributed by atoms with Crippen molar-refractivity contribution in [1.29, 1.82) is 0 Å². The van der Waals surface area contributed by atoms with Gasteiger partial charge in [-0.05, 0) is 31.7 Å². The maximum absolute atomic E-state index is 12.3. The molecule has 1 aromatic rings. The van der Waals surface area contributed by atoms with Gasteiger partial charge in [0.25, 0.3) is 0 Å². The van der Waals surface area contributed by atoms with Crippen molar-refractivity contribution < 1.29 is 19.8 Å². The molecule has 1 heterocycles. The number of nitrogens with zero attached hydrogens (tertiary/aromatic N) is 2. The number of aliphatic hydroxyl groups excluding tert-OH is 1. The van der Waals surface area contributed by atoms with E-state index in [2.05, 4.69) is 10.3 Å². The summed E-state index contributed by atoms with van der Waals surface area (Å²) in [6.45, 7) is 0.519. The molecule has 0 radical (unpaired) electrons. The van der Waals surface area contributed by atoms with E-state index < -0.39 is 5.97 Å². The van der Waals surface area contributed by atoms with Gasteiger partial charge >= 0.3 is 12.0 Å². The Morgan fingerprint density at radius 1 is 1.38 bits per heavy atom. The van der Waals surface area contributed by atoms with E-state index in [9.17, 15) is 9.59 Å². The van der Waals surface area contributed by atoms with Crippen LogP contribution in [0.2, 0.25) is 0 Å². The fraction of sp³-hybridized carbons (Fsp3) is 0.500. The van der Waals surface area contributed by atoms with E-state index in [4.69, 9.17) is 10.2 Å². The third-order valence-electron chi connectivity index (χ3n) is 3.57. The highest BCUT2D eigenvalue weighted by Gasteiger charge is 2.28. The number of hydrogen-bond acceptors (Lipinski definition) is 4. The molecule has 1 aromatic heterocycles. The minimum absolute atomic E-state index is 0.0263. The lowest BCUT2D eigenvalue weighted by atomic mass is 9.91. The average molecular weight is 293 g/mol. The summed E-state index contributed by atoms with van der Waals surface area (Å²) < 4.78 is 0. The van der Waals surface area contributed by atoms with Crippen LogP contribution < -0.4 is 5.32 Å². The first-order valence-corrected chi connectivity index (χ1v) is 6.98. The van der Waals surface area contributed by atoms with Crippen molar-refractivity contribution in [3.63, 3.8) is 0 Å². The molecule has 0 aromatic carbocycles. The molecule has 2 rings (SSSR count). The van der Waals surface area contributed by atoms with Crippen molar-refractivity contribution in [2.24, 2.45) is 0 Å². The lowest BCUT2D eigenvalue weighted by Crippen LogP contribution is -2.47. The monoisotopic (exact) mass is 293 g/mol. The minimum Gasteiger partial charge on any atom is -0.478 e. The minimum atomic E-state index is -1.09. The summed E-state index contributed by atoms with van der Waals surface area (Å²) >= 11 is 0. The molecule has 2 amide bonds. The third kappa shape index (κ3) is 3.91. The fourth-order valence-electron chi connectivity index (χ4n) is 2.21. The first-order valence-electron chi connectivity index (χ1n) is 6.98. The molecule has 0 unspecified atom stereocenters. The SMILES string of the molecule is O=C(O)c1cncc(NC(=O)N(CCCO)C2CCC2)c1. The smallest absolute Gasteiger partial charge is 0.337 e. The predicted octanol–water partition coefficient (Wildman–Crippen LogP) is 1.55. The molecule has 1 aliphatic rings. The van der Waals surface area contributed by atoms with Gasteiger partial charge in [0.2, 0.25) is 0 Å². The molecule has 0 spiro atoms. The van der Waals surface area contributed by atoms with Crippen LogP contribution >= 0.6 is 0 Å². The lowest BCUT2D eigenvalue weighted by molar-refractivity contribution is 0.0696. The number of carbonyl (C=O) groups is 2. The number of urea groups is 1. The number of carboxylic acids is 1. The number of anilines is 1. The first kappa shape index (κ1) is 15.2. The second kappa shape index (κ2) is 7.03. The first-order chi connectivity index (χ1) is 10.1. The molecule has 7 nitrogen and oxygen atoms in total. The van der Waals surface area contributed by atoms with Crippen LogP contribution in [0.25, 0.3) is 0 Å². The van der Waals surface area contributed by atoms with Crippen molar-refractivity contribution in [1.82, 2.24) is 9.88 Å². The molecule has 0 aliphatic heterocycles. The number of carbonyl (C=O) groups excluding carboxylic acids is 1. The van der Waals surface area contributed by atoms with Crippen molar-refractivity contribution in [3.05, 3.63) is 24.0 Å². The van der Waals surface area contributed by atoms with Crippen molar-refractivity contribution >= 4 is 17.7 Å². The molecule has 114 valence electrons. The van der Waals surface area contributed by atoms with Gasteiger partial charge in [-0.2, -0.15) is 0 Å². The normalized spacial score (nSPS) is 14.3. The number of aliphatic hydroxyl groups is 1. The number of pyridine rings is 1. The van der Waals surface area contributed by atoms with Gasteiger partial charge in [0.15, 0.2) is 0 Å². The molecule has 7 heteroatoms. The van der Waals surface area contributed by atoms with E-state index in [-0.39, 0.29) is 24.2 Å². The van der Waals surface area contributed by atoms with Gasteiger partial charge in [-0.1, -0.05) is 0 Å².